The maximum atomic E-state index is 12.6. The number of nitro benzene ring substituents is 1. The minimum atomic E-state index is -0.480. The highest BCUT2D eigenvalue weighted by atomic mass is 79.9. The predicted octanol–water partition coefficient (Wildman–Crippen LogP) is 2.98. The minimum absolute atomic E-state index is 0. The molecule has 0 aliphatic carbocycles. The van der Waals surface area contributed by atoms with E-state index in [1.165, 1.54) is 18.2 Å². The Hall–Kier alpha value is -1.18. The first-order chi connectivity index (χ1) is 9.90. The maximum Gasteiger partial charge on any atom is 0.270 e. The van der Waals surface area contributed by atoms with Crippen LogP contribution in [0.5, 0.6) is 0 Å². The summed E-state index contributed by atoms with van der Waals surface area (Å²) in [4.78, 5) is 24.6. The van der Waals surface area contributed by atoms with E-state index in [0.29, 0.717) is 29.0 Å². The van der Waals surface area contributed by atoms with Crippen molar-refractivity contribution in [2.45, 2.75) is 25.8 Å². The monoisotopic (exact) mass is 391 g/mol. The van der Waals surface area contributed by atoms with Crippen LogP contribution in [0.15, 0.2) is 22.7 Å². The van der Waals surface area contributed by atoms with Crippen LogP contribution >= 0.6 is 28.3 Å². The van der Waals surface area contributed by atoms with E-state index in [9.17, 15) is 14.9 Å². The molecule has 1 aliphatic rings. The van der Waals surface area contributed by atoms with Crippen molar-refractivity contribution in [2.75, 3.05) is 13.1 Å². The number of nitrogens with zero attached hydrogens (tertiary/aromatic N) is 2. The minimum Gasteiger partial charge on any atom is -0.338 e. The highest BCUT2D eigenvalue weighted by molar-refractivity contribution is 9.10. The summed E-state index contributed by atoms with van der Waals surface area (Å²) in [5.74, 6) is 0.196. The molecule has 0 saturated carbocycles. The fraction of sp³-hybridized carbons (Fsp3) is 0.500. The van der Waals surface area contributed by atoms with Gasteiger partial charge in [-0.1, -0.05) is 0 Å². The number of benzene rings is 1. The Morgan fingerprint density at radius 2 is 2.23 bits per heavy atom. The molecule has 0 spiro atoms. The van der Waals surface area contributed by atoms with Crippen LogP contribution in [0.3, 0.4) is 0 Å². The van der Waals surface area contributed by atoms with Crippen LogP contribution in [-0.2, 0) is 0 Å². The van der Waals surface area contributed by atoms with E-state index in [4.69, 9.17) is 5.73 Å². The molecule has 22 heavy (non-hydrogen) atoms. The van der Waals surface area contributed by atoms with Gasteiger partial charge in [0.05, 0.1) is 10.5 Å². The fourth-order valence-corrected chi connectivity index (χ4v) is 3.12. The molecule has 2 unspecified atom stereocenters. The molecule has 2 rings (SSSR count). The molecule has 8 heteroatoms. The van der Waals surface area contributed by atoms with E-state index in [-0.39, 0.29) is 30.0 Å². The number of nitrogens with two attached hydrogens (primary N) is 1. The molecule has 1 heterocycles. The number of non-ortho nitro benzene ring substituents is 1. The summed E-state index contributed by atoms with van der Waals surface area (Å²) in [5.41, 5.74) is 6.34. The Balaban J connectivity index is 0.00000242. The first kappa shape index (κ1) is 18.9. The fourth-order valence-electron chi connectivity index (χ4n) is 2.58. The summed E-state index contributed by atoms with van der Waals surface area (Å²) in [6.07, 6.45) is 1.96. The van der Waals surface area contributed by atoms with E-state index < -0.39 is 4.92 Å². The molecular weight excluding hydrogens is 374 g/mol. The third kappa shape index (κ3) is 4.18. The quantitative estimate of drug-likeness (QED) is 0.632. The molecule has 2 atom stereocenters. The van der Waals surface area contributed by atoms with E-state index in [0.717, 1.165) is 12.8 Å². The third-order valence-corrected chi connectivity index (χ3v) is 4.54. The van der Waals surface area contributed by atoms with E-state index in [1.807, 2.05) is 6.92 Å². The molecule has 1 aromatic rings. The van der Waals surface area contributed by atoms with Crippen molar-refractivity contribution in [1.82, 2.24) is 4.90 Å². The van der Waals surface area contributed by atoms with Crippen molar-refractivity contribution < 1.29 is 9.72 Å². The molecular formula is C14H19BrClN3O3. The first-order valence-electron chi connectivity index (χ1n) is 6.89. The standard InChI is InChI=1S/C14H18BrN3O3.ClH/c1-9(16)10-3-2-6-17(8-10)14(19)12-5-4-11(18(20)21)7-13(12)15;/h4-5,7,9-10H,2-3,6,8,16H2,1H3;1H. The largest absolute Gasteiger partial charge is 0.338 e. The summed E-state index contributed by atoms with van der Waals surface area (Å²) in [6, 6.07) is 4.27. The second-order valence-electron chi connectivity index (χ2n) is 5.43. The first-order valence-corrected chi connectivity index (χ1v) is 7.68. The van der Waals surface area contributed by atoms with Gasteiger partial charge < -0.3 is 10.6 Å². The van der Waals surface area contributed by atoms with Gasteiger partial charge >= 0.3 is 0 Å². The van der Waals surface area contributed by atoms with Gasteiger partial charge in [-0.3, -0.25) is 14.9 Å². The van der Waals surface area contributed by atoms with Gasteiger partial charge in [-0.25, -0.2) is 0 Å². The molecule has 0 radical (unpaired) electrons. The third-order valence-electron chi connectivity index (χ3n) is 3.88. The number of likely N-dealkylation sites (tertiary alicyclic amines) is 1. The molecule has 6 nitrogen and oxygen atoms in total. The highest BCUT2D eigenvalue weighted by Gasteiger charge is 2.27. The Morgan fingerprint density at radius 1 is 1.55 bits per heavy atom. The average Bonchev–Trinajstić information content (AvgIpc) is 2.46. The van der Waals surface area contributed by atoms with Gasteiger partial charge in [0.2, 0.25) is 0 Å². The Bertz CT molecular complexity index is 568. The zero-order valence-corrected chi connectivity index (χ0v) is 14.6. The molecule has 1 saturated heterocycles. The summed E-state index contributed by atoms with van der Waals surface area (Å²) in [5, 5.41) is 10.7. The highest BCUT2D eigenvalue weighted by Crippen LogP contribution is 2.26. The molecule has 0 bridgehead atoms. The van der Waals surface area contributed by atoms with Crippen molar-refractivity contribution in [2.24, 2.45) is 11.7 Å². The predicted molar refractivity (Wildman–Crippen MR) is 90.3 cm³/mol. The van der Waals surface area contributed by atoms with Gasteiger partial charge in [0.25, 0.3) is 11.6 Å². The molecule has 1 fully saturated rings. The average molecular weight is 393 g/mol. The van der Waals surface area contributed by atoms with Crippen LogP contribution in [0.1, 0.15) is 30.1 Å². The number of amides is 1. The molecule has 122 valence electrons. The van der Waals surface area contributed by atoms with Crippen LogP contribution in [0, 0.1) is 16.0 Å². The van der Waals surface area contributed by atoms with Crippen molar-refractivity contribution in [3.8, 4) is 0 Å². The summed E-state index contributed by atoms with van der Waals surface area (Å²) in [7, 11) is 0. The molecule has 1 amide bonds. The number of rotatable bonds is 3. The van der Waals surface area contributed by atoms with Crippen LogP contribution in [0.2, 0.25) is 0 Å². The zero-order chi connectivity index (χ0) is 15.6. The smallest absolute Gasteiger partial charge is 0.270 e. The lowest BCUT2D eigenvalue weighted by molar-refractivity contribution is -0.384. The van der Waals surface area contributed by atoms with Crippen molar-refractivity contribution in [1.29, 1.82) is 0 Å². The van der Waals surface area contributed by atoms with Crippen LogP contribution in [0.25, 0.3) is 0 Å². The van der Waals surface area contributed by atoms with E-state index in [2.05, 4.69) is 15.9 Å². The van der Waals surface area contributed by atoms with E-state index in [1.54, 1.807) is 4.90 Å². The molecule has 0 aromatic heterocycles. The SMILES string of the molecule is CC(N)C1CCCN(C(=O)c2ccc([N+](=O)[O-])cc2Br)C1.Cl. The normalized spacial score (nSPS) is 19.2. The zero-order valence-electron chi connectivity index (χ0n) is 12.2. The molecule has 2 N–H and O–H groups in total. The van der Waals surface area contributed by atoms with Gasteiger partial charge in [-0.15, -0.1) is 12.4 Å². The number of nitro groups is 1. The lowest BCUT2D eigenvalue weighted by Crippen LogP contribution is -2.45. The number of piperidine rings is 1. The number of carbonyl (C=O) groups excluding carboxylic acids is 1. The molecule has 1 aromatic carbocycles. The van der Waals surface area contributed by atoms with Crippen LogP contribution in [0.4, 0.5) is 5.69 Å². The Morgan fingerprint density at radius 3 is 2.77 bits per heavy atom. The lowest BCUT2D eigenvalue weighted by Gasteiger charge is -2.34. The summed E-state index contributed by atoms with van der Waals surface area (Å²) < 4.78 is 0.449. The molecule has 1 aliphatic heterocycles. The van der Waals surface area contributed by atoms with Gasteiger partial charge in [0.15, 0.2) is 0 Å². The number of halogens is 2. The lowest BCUT2D eigenvalue weighted by atomic mass is 9.92. The van der Waals surface area contributed by atoms with Crippen molar-refractivity contribution in [3.05, 3.63) is 38.3 Å². The number of hydrogen-bond donors (Lipinski definition) is 1. The van der Waals surface area contributed by atoms with Gasteiger partial charge in [0, 0.05) is 35.7 Å². The van der Waals surface area contributed by atoms with Crippen molar-refractivity contribution in [3.63, 3.8) is 0 Å². The van der Waals surface area contributed by atoms with Crippen molar-refractivity contribution >= 4 is 39.9 Å². The number of carbonyl (C=O) groups is 1. The van der Waals surface area contributed by atoms with Gasteiger partial charge in [-0.2, -0.15) is 0 Å². The number of hydrogen-bond acceptors (Lipinski definition) is 4. The summed E-state index contributed by atoms with van der Waals surface area (Å²) in [6.45, 7) is 3.30. The van der Waals surface area contributed by atoms with Gasteiger partial charge in [-0.05, 0) is 47.7 Å². The van der Waals surface area contributed by atoms with Gasteiger partial charge in [0.1, 0.15) is 0 Å². The Kier molecular flexibility index (Phi) is 6.77. The summed E-state index contributed by atoms with van der Waals surface area (Å²) >= 11 is 3.25. The van der Waals surface area contributed by atoms with Crippen LogP contribution in [-0.4, -0.2) is 34.9 Å². The van der Waals surface area contributed by atoms with Crippen LogP contribution < -0.4 is 5.73 Å². The Labute approximate surface area is 143 Å². The maximum absolute atomic E-state index is 12.6. The second-order valence-corrected chi connectivity index (χ2v) is 6.29. The second kappa shape index (κ2) is 7.89. The van der Waals surface area contributed by atoms with E-state index >= 15 is 0 Å². The topological polar surface area (TPSA) is 89.5 Å².